The fourth-order valence-corrected chi connectivity index (χ4v) is 2.88. The smallest absolute Gasteiger partial charge is 0.259 e. The summed E-state index contributed by atoms with van der Waals surface area (Å²) >= 11 is 1.62. The molecule has 2 aromatic rings. The van der Waals surface area contributed by atoms with Gasteiger partial charge in [-0.25, -0.2) is 0 Å². The van der Waals surface area contributed by atoms with Crippen LogP contribution in [0.4, 0.5) is 0 Å². The van der Waals surface area contributed by atoms with Crippen LogP contribution in [0.2, 0.25) is 0 Å². The van der Waals surface area contributed by atoms with Crippen LogP contribution in [-0.2, 0) is 6.54 Å². The molecule has 0 bridgehead atoms. The molecule has 4 heteroatoms. The molecule has 0 aliphatic carbocycles. The lowest BCUT2D eigenvalue weighted by molar-refractivity contribution is 0.517. The van der Waals surface area contributed by atoms with Gasteiger partial charge in [0.15, 0.2) is 0 Å². The molecule has 0 unspecified atom stereocenters. The normalized spacial score (nSPS) is 11.5. The highest BCUT2D eigenvalue weighted by molar-refractivity contribution is 7.17. The molecule has 104 valence electrons. The van der Waals surface area contributed by atoms with Gasteiger partial charge in [0.25, 0.3) is 5.56 Å². The predicted octanol–water partition coefficient (Wildman–Crippen LogP) is 3.09. The van der Waals surface area contributed by atoms with Crippen LogP contribution in [-0.4, -0.2) is 17.7 Å². The van der Waals surface area contributed by atoms with Crippen LogP contribution in [0, 0.1) is 5.92 Å². The average molecular weight is 278 g/mol. The quantitative estimate of drug-likeness (QED) is 0.790. The van der Waals surface area contributed by atoms with Crippen molar-refractivity contribution in [3.05, 3.63) is 34.1 Å². The van der Waals surface area contributed by atoms with E-state index in [0.29, 0.717) is 5.92 Å². The van der Waals surface area contributed by atoms with Gasteiger partial charge in [0.05, 0.1) is 5.39 Å². The minimum Gasteiger partial charge on any atom is -0.316 e. The van der Waals surface area contributed by atoms with Gasteiger partial charge in [-0.3, -0.25) is 4.79 Å². The van der Waals surface area contributed by atoms with Crippen molar-refractivity contribution >= 4 is 21.4 Å². The van der Waals surface area contributed by atoms with E-state index < -0.39 is 0 Å². The molecule has 2 aromatic heterocycles. The van der Waals surface area contributed by atoms with Crippen molar-refractivity contribution in [2.24, 2.45) is 5.92 Å². The SMILES string of the molecule is CC(C)CNCCCCn1ccc2sccc2c1=O. The molecule has 0 aromatic carbocycles. The number of nitrogens with zero attached hydrogens (tertiary/aromatic N) is 1. The number of pyridine rings is 1. The molecule has 0 amide bonds. The van der Waals surface area contributed by atoms with Crippen LogP contribution in [0.1, 0.15) is 26.7 Å². The van der Waals surface area contributed by atoms with Gasteiger partial charge in [-0.15, -0.1) is 11.3 Å². The van der Waals surface area contributed by atoms with E-state index >= 15 is 0 Å². The fourth-order valence-electron chi connectivity index (χ4n) is 2.11. The van der Waals surface area contributed by atoms with E-state index in [4.69, 9.17) is 0 Å². The molecule has 19 heavy (non-hydrogen) atoms. The molecule has 0 saturated heterocycles. The summed E-state index contributed by atoms with van der Waals surface area (Å²) in [7, 11) is 0. The van der Waals surface area contributed by atoms with Crippen molar-refractivity contribution in [1.29, 1.82) is 0 Å². The molecule has 2 rings (SSSR count). The predicted molar refractivity (Wildman–Crippen MR) is 83.0 cm³/mol. The molecule has 0 radical (unpaired) electrons. The van der Waals surface area contributed by atoms with Gasteiger partial charge in [0.2, 0.25) is 0 Å². The fraction of sp³-hybridized carbons (Fsp3) is 0.533. The van der Waals surface area contributed by atoms with Gasteiger partial charge in [0.1, 0.15) is 0 Å². The second-order valence-electron chi connectivity index (χ2n) is 5.32. The van der Waals surface area contributed by atoms with E-state index in [2.05, 4.69) is 19.2 Å². The lowest BCUT2D eigenvalue weighted by Crippen LogP contribution is -2.22. The Morgan fingerprint density at radius 2 is 2.16 bits per heavy atom. The van der Waals surface area contributed by atoms with E-state index in [1.165, 1.54) is 0 Å². The third-order valence-corrected chi connectivity index (χ3v) is 4.03. The van der Waals surface area contributed by atoms with Crippen LogP contribution < -0.4 is 10.9 Å². The Hall–Kier alpha value is -1.13. The van der Waals surface area contributed by atoms with Crippen LogP contribution in [0.15, 0.2) is 28.5 Å². The molecule has 0 fully saturated rings. The highest BCUT2D eigenvalue weighted by Gasteiger charge is 2.03. The summed E-state index contributed by atoms with van der Waals surface area (Å²) in [5, 5.41) is 6.26. The minimum atomic E-state index is 0.147. The zero-order valence-electron chi connectivity index (χ0n) is 11.7. The number of fused-ring (bicyclic) bond motifs is 1. The molecule has 0 saturated carbocycles. The summed E-state index contributed by atoms with van der Waals surface area (Å²) in [4.78, 5) is 12.2. The largest absolute Gasteiger partial charge is 0.316 e. The molecule has 1 N–H and O–H groups in total. The van der Waals surface area contributed by atoms with Crippen LogP contribution in [0.25, 0.3) is 10.1 Å². The first kappa shape index (κ1) is 14.3. The second-order valence-corrected chi connectivity index (χ2v) is 6.27. The van der Waals surface area contributed by atoms with Gasteiger partial charge in [0, 0.05) is 17.4 Å². The summed E-state index contributed by atoms with van der Waals surface area (Å²) in [6.45, 7) is 7.34. The molecule has 0 spiro atoms. The van der Waals surface area contributed by atoms with Crippen molar-refractivity contribution < 1.29 is 0 Å². The molecule has 3 nitrogen and oxygen atoms in total. The second kappa shape index (κ2) is 6.87. The van der Waals surface area contributed by atoms with E-state index in [9.17, 15) is 4.79 Å². The zero-order chi connectivity index (χ0) is 13.7. The molecule has 0 aliphatic heterocycles. The van der Waals surface area contributed by atoms with Gasteiger partial charge >= 0.3 is 0 Å². The maximum absolute atomic E-state index is 12.2. The Bertz CT molecular complexity index is 571. The number of hydrogen-bond acceptors (Lipinski definition) is 3. The Kier molecular flexibility index (Phi) is 5.16. The van der Waals surface area contributed by atoms with E-state index in [1.807, 2.05) is 28.3 Å². The number of unbranched alkanes of at least 4 members (excludes halogenated alkanes) is 1. The summed E-state index contributed by atoms with van der Waals surface area (Å²) in [5.74, 6) is 0.698. The van der Waals surface area contributed by atoms with Crippen LogP contribution >= 0.6 is 11.3 Å². The maximum atomic E-state index is 12.2. The molecular weight excluding hydrogens is 256 g/mol. The Labute approximate surface area is 118 Å². The number of thiophene rings is 1. The van der Waals surface area contributed by atoms with E-state index in [-0.39, 0.29) is 5.56 Å². The number of aryl methyl sites for hydroxylation is 1. The van der Waals surface area contributed by atoms with E-state index in [1.54, 1.807) is 11.3 Å². The molecule has 2 heterocycles. The number of rotatable bonds is 7. The highest BCUT2D eigenvalue weighted by atomic mass is 32.1. The van der Waals surface area contributed by atoms with Crippen LogP contribution in [0.5, 0.6) is 0 Å². The zero-order valence-corrected chi connectivity index (χ0v) is 12.5. The van der Waals surface area contributed by atoms with Crippen molar-refractivity contribution in [2.75, 3.05) is 13.1 Å². The Morgan fingerprint density at radius 1 is 1.32 bits per heavy atom. The van der Waals surface area contributed by atoms with Crippen molar-refractivity contribution in [3.63, 3.8) is 0 Å². The monoisotopic (exact) mass is 278 g/mol. The van der Waals surface area contributed by atoms with Gasteiger partial charge in [-0.2, -0.15) is 0 Å². The van der Waals surface area contributed by atoms with Crippen LogP contribution in [0.3, 0.4) is 0 Å². The number of nitrogens with one attached hydrogen (secondary N) is 1. The Morgan fingerprint density at radius 3 is 2.95 bits per heavy atom. The molecule has 0 aliphatic rings. The van der Waals surface area contributed by atoms with Gasteiger partial charge in [-0.05, 0) is 49.4 Å². The van der Waals surface area contributed by atoms with Crippen molar-refractivity contribution in [2.45, 2.75) is 33.2 Å². The topological polar surface area (TPSA) is 34.0 Å². The summed E-state index contributed by atoms with van der Waals surface area (Å²) in [6.07, 6.45) is 4.07. The first-order chi connectivity index (χ1) is 9.18. The first-order valence-electron chi connectivity index (χ1n) is 6.96. The van der Waals surface area contributed by atoms with Gasteiger partial charge in [-0.1, -0.05) is 13.8 Å². The summed E-state index contributed by atoms with van der Waals surface area (Å²) in [6, 6.07) is 3.96. The highest BCUT2D eigenvalue weighted by Crippen LogP contribution is 2.16. The Balaban J connectivity index is 1.81. The number of hydrogen-bond donors (Lipinski definition) is 1. The summed E-state index contributed by atoms with van der Waals surface area (Å²) < 4.78 is 2.91. The standard InChI is InChI=1S/C15H22N2OS/c1-12(2)11-16-7-3-4-8-17-9-5-14-13(15(17)18)6-10-19-14/h5-6,9-10,12,16H,3-4,7-8,11H2,1-2H3. The third kappa shape index (κ3) is 3.91. The average Bonchev–Trinajstić information content (AvgIpc) is 2.84. The summed E-state index contributed by atoms with van der Waals surface area (Å²) in [5.41, 5.74) is 0.147. The maximum Gasteiger partial charge on any atom is 0.259 e. The third-order valence-electron chi connectivity index (χ3n) is 3.15. The lowest BCUT2D eigenvalue weighted by atomic mass is 10.2. The molecule has 0 atom stereocenters. The van der Waals surface area contributed by atoms with Gasteiger partial charge < -0.3 is 9.88 Å². The molecular formula is C15H22N2OS. The van der Waals surface area contributed by atoms with Crippen molar-refractivity contribution in [1.82, 2.24) is 9.88 Å². The van der Waals surface area contributed by atoms with E-state index in [0.717, 1.165) is 42.6 Å². The first-order valence-corrected chi connectivity index (χ1v) is 7.84. The lowest BCUT2D eigenvalue weighted by Gasteiger charge is -2.08. The van der Waals surface area contributed by atoms with Crippen molar-refractivity contribution in [3.8, 4) is 0 Å². The minimum absolute atomic E-state index is 0.147. The number of aromatic nitrogens is 1.